The highest BCUT2D eigenvalue weighted by Crippen LogP contribution is 2.19. The van der Waals surface area contributed by atoms with Gasteiger partial charge in [0.25, 0.3) is 0 Å². The number of carboxylic acids is 2. The molecule has 1 heterocycles. The lowest BCUT2D eigenvalue weighted by atomic mass is 9.99. The van der Waals surface area contributed by atoms with E-state index >= 15 is 0 Å². The van der Waals surface area contributed by atoms with Gasteiger partial charge in [0, 0.05) is 11.8 Å². The fourth-order valence-electron chi connectivity index (χ4n) is 2.91. The molecule has 6 heteroatoms. The van der Waals surface area contributed by atoms with Gasteiger partial charge in [-0.1, -0.05) is 38.1 Å². The van der Waals surface area contributed by atoms with Gasteiger partial charge in [0.15, 0.2) is 0 Å². The number of nitrogens with zero attached hydrogens (tertiary/aromatic N) is 1. The van der Waals surface area contributed by atoms with Gasteiger partial charge in [-0.25, -0.2) is 0 Å². The molecule has 1 unspecified atom stereocenters. The van der Waals surface area contributed by atoms with E-state index in [1.54, 1.807) is 6.20 Å². The monoisotopic (exact) mass is 370 g/mol. The Morgan fingerprint density at radius 2 is 1.67 bits per heavy atom. The Bertz CT molecular complexity index is 787. The molecular formula is C21H26N2O4. The third-order valence-electron chi connectivity index (χ3n) is 4.31. The first-order valence-electron chi connectivity index (χ1n) is 9.00. The van der Waals surface area contributed by atoms with Gasteiger partial charge in [0.1, 0.15) is 12.1 Å². The zero-order valence-corrected chi connectivity index (χ0v) is 15.8. The van der Waals surface area contributed by atoms with Crippen molar-refractivity contribution in [1.82, 2.24) is 10.3 Å². The fraction of sp³-hybridized carbons (Fsp3) is 0.381. The van der Waals surface area contributed by atoms with Gasteiger partial charge in [0.2, 0.25) is 0 Å². The Morgan fingerprint density at radius 3 is 2.19 bits per heavy atom. The first kappa shape index (κ1) is 20.6. The van der Waals surface area contributed by atoms with Crippen LogP contribution >= 0.6 is 0 Å². The molecule has 2 atom stereocenters. The smallest absolute Gasteiger partial charge is 0.321 e. The summed E-state index contributed by atoms with van der Waals surface area (Å²) >= 11 is 0. The van der Waals surface area contributed by atoms with E-state index in [0.717, 1.165) is 22.4 Å². The number of carbonyl (C=O) groups is 2. The summed E-state index contributed by atoms with van der Waals surface area (Å²) in [6.07, 6.45) is 2.33. The Hall–Kier alpha value is -2.73. The molecule has 27 heavy (non-hydrogen) atoms. The molecule has 144 valence electrons. The third-order valence-corrected chi connectivity index (χ3v) is 4.31. The van der Waals surface area contributed by atoms with Crippen molar-refractivity contribution in [3.8, 4) is 11.3 Å². The predicted octanol–water partition coefficient (Wildman–Crippen LogP) is 3.14. The van der Waals surface area contributed by atoms with Crippen molar-refractivity contribution in [1.29, 1.82) is 0 Å². The molecule has 1 aromatic carbocycles. The highest BCUT2D eigenvalue weighted by Gasteiger charge is 2.26. The number of aryl methyl sites for hydroxylation is 1. The van der Waals surface area contributed by atoms with Crippen LogP contribution in [0.1, 0.15) is 31.4 Å². The summed E-state index contributed by atoms with van der Waals surface area (Å²) in [7, 11) is 0. The highest BCUT2D eigenvalue weighted by atomic mass is 16.4. The molecule has 6 nitrogen and oxygen atoms in total. The highest BCUT2D eigenvalue weighted by molar-refractivity contribution is 5.77. The normalized spacial score (nSPS) is 13.3. The quantitative estimate of drug-likeness (QED) is 0.627. The number of hydrogen-bond acceptors (Lipinski definition) is 4. The molecule has 0 radical (unpaired) electrons. The van der Waals surface area contributed by atoms with Crippen LogP contribution in [0, 0.1) is 12.8 Å². The average molecular weight is 370 g/mol. The van der Waals surface area contributed by atoms with E-state index in [1.165, 1.54) is 0 Å². The molecular weight excluding hydrogens is 344 g/mol. The number of aromatic nitrogens is 1. The van der Waals surface area contributed by atoms with Crippen molar-refractivity contribution in [2.75, 3.05) is 0 Å². The van der Waals surface area contributed by atoms with E-state index in [0.29, 0.717) is 6.42 Å². The van der Waals surface area contributed by atoms with Crippen molar-refractivity contribution < 1.29 is 19.8 Å². The van der Waals surface area contributed by atoms with E-state index in [1.807, 2.05) is 57.2 Å². The number of nitrogens with one attached hydrogen (secondary N) is 1. The summed E-state index contributed by atoms with van der Waals surface area (Å²) in [5, 5.41) is 21.6. The molecule has 3 N–H and O–H groups in total. The molecule has 0 spiro atoms. The fourth-order valence-corrected chi connectivity index (χ4v) is 2.91. The van der Waals surface area contributed by atoms with Gasteiger partial charge in [-0.3, -0.25) is 19.9 Å². The molecule has 0 fully saturated rings. The molecule has 2 rings (SSSR count). The molecule has 0 amide bonds. The SMILES string of the molecule is Cc1ccnc(-c2ccc(CC(N[C@@H](CC(C)C)C(=O)O)C(=O)O)cc2)c1. The van der Waals surface area contributed by atoms with Crippen molar-refractivity contribution in [2.24, 2.45) is 5.92 Å². The predicted molar refractivity (Wildman–Crippen MR) is 104 cm³/mol. The van der Waals surface area contributed by atoms with E-state index in [-0.39, 0.29) is 12.3 Å². The molecule has 0 saturated carbocycles. The van der Waals surface area contributed by atoms with Gasteiger partial charge < -0.3 is 10.2 Å². The lowest BCUT2D eigenvalue weighted by molar-refractivity contribution is -0.142. The zero-order valence-electron chi connectivity index (χ0n) is 15.8. The summed E-state index contributed by atoms with van der Waals surface area (Å²) in [6.45, 7) is 5.82. The summed E-state index contributed by atoms with van der Waals surface area (Å²) in [4.78, 5) is 27.4. The maximum Gasteiger partial charge on any atom is 0.321 e. The lowest BCUT2D eigenvalue weighted by Gasteiger charge is -2.21. The summed E-state index contributed by atoms with van der Waals surface area (Å²) in [6, 6.07) is 9.58. The Labute approximate surface area is 159 Å². The Balaban J connectivity index is 2.12. The van der Waals surface area contributed by atoms with Crippen molar-refractivity contribution >= 4 is 11.9 Å². The molecule has 0 aliphatic carbocycles. The maximum absolute atomic E-state index is 11.6. The number of hydrogen-bond donors (Lipinski definition) is 3. The second-order valence-electron chi connectivity index (χ2n) is 7.20. The number of rotatable bonds is 9. The minimum atomic E-state index is -1.06. The van der Waals surface area contributed by atoms with Gasteiger partial charge in [-0.2, -0.15) is 0 Å². The van der Waals surface area contributed by atoms with Gasteiger partial charge in [0.05, 0.1) is 5.69 Å². The van der Waals surface area contributed by atoms with Gasteiger partial charge in [-0.05, 0) is 48.9 Å². The number of pyridine rings is 1. The van der Waals surface area contributed by atoms with Crippen LogP contribution in [-0.2, 0) is 16.0 Å². The molecule has 1 aromatic heterocycles. The lowest BCUT2D eigenvalue weighted by Crippen LogP contribution is -2.48. The third kappa shape index (κ3) is 6.18. The van der Waals surface area contributed by atoms with E-state index < -0.39 is 24.0 Å². The Morgan fingerprint density at radius 1 is 1.04 bits per heavy atom. The summed E-state index contributed by atoms with van der Waals surface area (Å²) < 4.78 is 0. The van der Waals surface area contributed by atoms with E-state index in [9.17, 15) is 19.8 Å². The molecule has 0 aliphatic rings. The first-order valence-corrected chi connectivity index (χ1v) is 9.00. The van der Waals surface area contributed by atoms with E-state index in [2.05, 4.69) is 10.3 Å². The largest absolute Gasteiger partial charge is 0.480 e. The average Bonchev–Trinajstić information content (AvgIpc) is 2.60. The van der Waals surface area contributed by atoms with Crippen molar-refractivity contribution in [3.63, 3.8) is 0 Å². The maximum atomic E-state index is 11.6. The standard InChI is InChI=1S/C21H26N2O4/c1-13(2)10-18(20(24)25)23-19(21(26)27)12-15-4-6-16(7-5-15)17-11-14(3)8-9-22-17/h4-9,11,13,18-19,23H,10,12H2,1-3H3,(H,24,25)(H,26,27)/t18-,19?/m0/s1. The van der Waals surface area contributed by atoms with Crippen LogP contribution in [0.25, 0.3) is 11.3 Å². The van der Waals surface area contributed by atoms with E-state index in [4.69, 9.17) is 0 Å². The van der Waals surface area contributed by atoms with Crippen molar-refractivity contribution in [3.05, 3.63) is 53.7 Å². The number of carboxylic acid groups (broad SMARTS) is 2. The van der Waals surface area contributed by atoms with Crippen LogP contribution in [0.2, 0.25) is 0 Å². The van der Waals surface area contributed by atoms with Crippen LogP contribution in [0.3, 0.4) is 0 Å². The zero-order chi connectivity index (χ0) is 20.0. The Kier molecular flexibility index (Phi) is 7.07. The topological polar surface area (TPSA) is 99.5 Å². The van der Waals surface area contributed by atoms with Crippen LogP contribution in [0.5, 0.6) is 0 Å². The number of aliphatic carboxylic acids is 2. The van der Waals surface area contributed by atoms with Crippen LogP contribution < -0.4 is 5.32 Å². The van der Waals surface area contributed by atoms with Crippen molar-refractivity contribution in [2.45, 2.75) is 45.7 Å². The van der Waals surface area contributed by atoms with Crippen LogP contribution in [-0.4, -0.2) is 39.2 Å². The van der Waals surface area contributed by atoms with Crippen LogP contribution in [0.15, 0.2) is 42.6 Å². The van der Waals surface area contributed by atoms with Gasteiger partial charge in [-0.15, -0.1) is 0 Å². The second-order valence-corrected chi connectivity index (χ2v) is 7.20. The molecule has 2 aromatic rings. The molecule has 0 bridgehead atoms. The second kappa shape index (κ2) is 9.28. The molecule has 0 aliphatic heterocycles. The summed E-state index contributed by atoms with van der Waals surface area (Å²) in [5.74, 6) is -1.94. The number of benzene rings is 1. The van der Waals surface area contributed by atoms with Crippen LogP contribution in [0.4, 0.5) is 0 Å². The van der Waals surface area contributed by atoms with Gasteiger partial charge >= 0.3 is 11.9 Å². The first-order chi connectivity index (χ1) is 12.8. The minimum Gasteiger partial charge on any atom is -0.480 e. The molecule has 0 saturated heterocycles. The summed E-state index contributed by atoms with van der Waals surface area (Å²) in [5.41, 5.74) is 3.74. The minimum absolute atomic E-state index is 0.147.